The van der Waals surface area contributed by atoms with Gasteiger partial charge in [-0.2, -0.15) is 5.26 Å². The van der Waals surface area contributed by atoms with Gasteiger partial charge in [-0.3, -0.25) is 0 Å². The molecule has 0 spiro atoms. The molecule has 1 aromatic heterocycles. The quantitative estimate of drug-likeness (QED) is 0.890. The van der Waals surface area contributed by atoms with E-state index in [1.54, 1.807) is 6.07 Å². The minimum Gasteiger partial charge on any atom is -0.340 e. The summed E-state index contributed by atoms with van der Waals surface area (Å²) >= 11 is 0. The third-order valence-electron chi connectivity index (χ3n) is 3.40. The molecule has 0 saturated carbocycles. The average Bonchev–Trinajstić information content (AvgIpc) is 2.41. The molecule has 4 heteroatoms. The van der Waals surface area contributed by atoms with Crippen LogP contribution in [-0.2, 0) is 0 Å². The van der Waals surface area contributed by atoms with Crippen molar-refractivity contribution in [3.05, 3.63) is 46.4 Å². The van der Waals surface area contributed by atoms with Crippen LogP contribution in [0.2, 0.25) is 0 Å². The van der Waals surface area contributed by atoms with Crippen LogP contribution in [0, 0.1) is 39.0 Å². The SMILES string of the molecule is Cc1cc(C)c(C)c(Nc2cc(C#N)ncn2)c1C. The van der Waals surface area contributed by atoms with Gasteiger partial charge < -0.3 is 5.32 Å². The number of nitriles is 1. The Kier molecular flexibility index (Phi) is 3.48. The number of hydrogen-bond acceptors (Lipinski definition) is 4. The summed E-state index contributed by atoms with van der Waals surface area (Å²) in [4.78, 5) is 8.02. The van der Waals surface area contributed by atoms with Gasteiger partial charge in [-0.15, -0.1) is 0 Å². The highest BCUT2D eigenvalue weighted by Crippen LogP contribution is 2.28. The van der Waals surface area contributed by atoms with Gasteiger partial charge >= 0.3 is 0 Å². The third kappa shape index (κ3) is 2.55. The van der Waals surface area contributed by atoms with Gasteiger partial charge in [0.15, 0.2) is 0 Å². The first kappa shape index (κ1) is 13.0. The van der Waals surface area contributed by atoms with E-state index >= 15 is 0 Å². The summed E-state index contributed by atoms with van der Waals surface area (Å²) in [7, 11) is 0. The number of nitrogens with one attached hydrogen (secondary N) is 1. The van der Waals surface area contributed by atoms with Crippen LogP contribution < -0.4 is 5.32 Å². The average molecular weight is 252 g/mol. The topological polar surface area (TPSA) is 61.6 Å². The van der Waals surface area contributed by atoms with Crippen molar-refractivity contribution in [1.29, 1.82) is 5.26 Å². The van der Waals surface area contributed by atoms with Gasteiger partial charge in [-0.25, -0.2) is 9.97 Å². The molecule has 19 heavy (non-hydrogen) atoms. The molecule has 0 amide bonds. The largest absolute Gasteiger partial charge is 0.340 e. The van der Waals surface area contributed by atoms with Crippen LogP contribution in [0.5, 0.6) is 0 Å². The van der Waals surface area contributed by atoms with E-state index in [1.165, 1.54) is 28.6 Å². The lowest BCUT2D eigenvalue weighted by molar-refractivity contribution is 1.13. The van der Waals surface area contributed by atoms with Crippen molar-refractivity contribution in [3.63, 3.8) is 0 Å². The van der Waals surface area contributed by atoms with Crippen LogP contribution in [-0.4, -0.2) is 9.97 Å². The van der Waals surface area contributed by atoms with E-state index < -0.39 is 0 Å². The van der Waals surface area contributed by atoms with E-state index in [-0.39, 0.29) is 0 Å². The van der Waals surface area contributed by atoms with Crippen LogP contribution in [0.4, 0.5) is 11.5 Å². The van der Waals surface area contributed by atoms with E-state index in [1.807, 2.05) is 6.07 Å². The smallest absolute Gasteiger partial charge is 0.145 e. The number of nitrogens with zero attached hydrogens (tertiary/aromatic N) is 3. The zero-order valence-corrected chi connectivity index (χ0v) is 11.6. The molecular formula is C15H16N4. The number of aryl methyl sites for hydroxylation is 2. The van der Waals surface area contributed by atoms with Gasteiger partial charge in [0.25, 0.3) is 0 Å². The second kappa shape index (κ2) is 5.07. The standard InChI is InChI=1S/C15H16N4/c1-9-5-10(2)12(4)15(11(9)3)19-14-6-13(7-16)17-8-18-14/h5-6,8H,1-4H3,(H,17,18,19). The second-order valence-corrected chi connectivity index (χ2v) is 4.66. The summed E-state index contributed by atoms with van der Waals surface area (Å²) in [6.45, 7) is 8.34. The van der Waals surface area contributed by atoms with E-state index in [0.29, 0.717) is 11.5 Å². The Morgan fingerprint density at radius 3 is 2.21 bits per heavy atom. The van der Waals surface area contributed by atoms with Crippen LogP contribution in [0.1, 0.15) is 27.9 Å². The Hall–Kier alpha value is -2.41. The molecule has 0 unspecified atom stereocenters. The lowest BCUT2D eigenvalue weighted by Crippen LogP contribution is -2.02. The summed E-state index contributed by atoms with van der Waals surface area (Å²) in [5.74, 6) is 0.641. The van der Waals surface area contributed by atoms with Crippen molar-refractivity contribution in [2.45, 2.75) is 27.7 Å². The molecule has 0 aliphatic rings. The molecule has 0 aliphatic carbocycles. The molecule has 0 fully saturated rings. The van der Waals surface area contributed by atoms with Crippen molar-refractivity contribution in [1.82, 2.24) is 9.97 Å². The van der Waals surface area contributed by atoms with Crippen molar-refractivity contribution in [2.24, 2.45) is 0 Å². The van der Waals surface area contributed by atoms with E-state index in [9.17, 15) is 0 Å². The minimum atomic E-state index is 0.359. The molecule has 1 heterocycles. The van der Waals surface area contributed by atoms with Crippen LogP contribution >= 0.6 is 0 Å². The Morgan fingerprint density at radius 1 is 1.00 bits per heavy atom. The van der Waals surface area contributed by atoms with Gasteiger partial charge in [0.2, 0.25) is 0 Å². The summed E-state index contributed by atoms with van der Waals surface area (Å²) < 4.78 is 0. The highest BCUT2D eigenvalue weighted by molar-refractivity contribution is 5.68. The molecule has 4 nitrogen and oxygen atoms in total. The molecule has 0 bridgehead atoms. The van der Waals surface area contributed by atoms with Crippen molar-refractivity contribution < 1.29 is 0 Å². The molecule has 0 radical (unpaired) electrons. The maximum atomic E-state index is 8.86. The molecule has 2 rings (SSSR count). The molecule has 0 aliphatic heterocycles. The van der Waals surface area contributed by atoms with Gasteiger partial charge in [-0.1, -0.05) is 6.07 Å². The fourth-order valence-corrected chi connectivity index (χ4v) is 2.02. The predicted molar refractivity (Wildman–Crippen MR) is 75.4 cm³/mol. The summed E-state index contributed by atoms with van der Waals surface area (Å²) in [6.07, 6.45) is 1.40. The van der Waals surface area contributed by atoms with Gasteiger partial charge in [-0.05, 0) is 49.9 Å². The first-order valence-electron chi connectivity index (χ1n) is 6.09. The fraction of sp³-hybridized carbons (Fsp3) is 0.267. The second-order valence-electron chi connectivity index (χ2n) is 4.66. The van der Waals surface area contributed by atoms with E-state index in [4.69, 9.17) is 5.26 Å². The number of rotatable bonds is 2. The molecule has 0 atom stereocenters. The monoisotopic (exact) mass is 252 g/mol. The number of hydrogen-bond donors (Lipinski definition) is 1. The highest BCUT2D eigenvalue weighted by atomic mass is 15.0. The van der Waals surface area contributed by atoms with Crippen molar-refractivity contribution >= 4 is 11.5 Å². The van der Waals surface area contributed by atoms with Crippen LogP contribution in [0.3, 0.4) is 0 Å². The van der Waals surface area contributed by atoms with Crippen LogP contribution in [0.15, 0.2) is 18.5 Å². The summed E-state index contributed by atoms with van der Waals surface area (Å²) in [5, 5.41) is 12.2. The predicted octanol–water partition coefficient (Wildman–Crippen LogP) is 3.33. The molecular weight excluding hydrogens is 236 g/mol. The van der Waals surface area contributed by atoms with Crippen molar-refractivity contribution in [2.75, 3.05) is 5.32 Å². The zero-order chi connectivity index (χ0) is 14.0. The molecule has 1 aromatic carbocycles. The maximum Gasteiger partial charge on any atom is 0.145 e. The Labute approximate surface area is 113 Å². The number of aromatic nitrogens is 2. The molecule has 0 saturated heterocycles. The number of anilines is 2. The highest BCUT2D eigenvalue weighted by Gasteiger charge is 2.09. The van der Waals surface area contributed by atoms with Crippen molar-refractivity contribution in [3.8, 4) is 6.07 Å². The fourth-order valence-electron chi connectivity index (χ4n) is 2.02. The number of benzene rings is 1. The zero-order valence-electron chi connectivity index (χ0n) is 11.6. The summed E-state index contributed by atoms with van der Waals surface area (Å²) in [5.41, 5.74) is 6.28. The Bertz CT molecular complexity index is 642. The Balaban J connectivity index is 2.46. The Morgan fingerprint density at radius 2 is 1.63 bits per heavy atom. The normalized spacial score (nSPS) is 10.1. The lowest BCUT2D eigenvalue weighted by Gasteiger charge is -2.16. The first-order chi connectivity index (χ1) is 9.02. The third-order valence-corrected chi connectivity index (χ3v) is 3.40. The molecule has 1 N–H and O–H groups in total. The van der Waals surface area contributed by atoms with E-state index in [2.05, 4.69) is 49.0 Å². The molecule has 2 aromatic rings. The lowest BCUT2D eigenvalue weighted by atomic mass is 9.99. The van der Waals surface area contributed by atoms with Crippen LogP contribution in [0.25, 0.3) is 0 Å². The molecule has 96 valence electrons. The van der Waals surface area contributed by atoms with Gasteiger partial charge in [0.05, 0.1) is 0 Å². The summed E-state index contributed by atoms with van der Waals surface area (Å²) in [6, 6.07) is 5.84. The maximum absolute atomic E-state index is 8.86. The van der Waals surface area contributed by atoms with Gasteiger partial charge in [0.1, 0.15) is 23.9 Å². The minimum absolute atomic E-state index is 0.359. The van der Waals surface area contributed by atoms with E-state index in [0.717, 1.165) is 5.69 Å². The van der Waals surface area contributed by atoms with Gasteiger partial charge in [0, 0.05) is 11.8 Å². The first-order valence-corrected chi connectivity index (χ1v) is 6.09.